The summed E-state index contributed by atoms with van der Waals surface area (Å²) in [5, 5.41) is 0. The lowest BCUT2D eigenvalue weighted by Gasteiger charge is -2.31. The minimum Gasteiger partial charge on any atom is -0.103 e. The van der Waals surface area contributed by atoms with Gasteiger partial charge in [-0.05, 0) is 50.1 Å². The Morgan fingerprint density at radius 2 is 0.611 bits per heavy atom. The summed E-state index contributed by atoms with van der Waals surface area (Å²) in [6, 6.07) is 53.0. The lowest BCUT2D eigenvalue weighted by Crippen LogP contribution is -2.21. The standard InChI is InChI=1S/C35H25Cl/c36-35(30-24-14-5-15-25-30)33(28-20-10-3-11-21-28)31(26-16-6-1-7-17-26)32(27-18-8-2-9-19-27)34(35)29-22-12-4-13-23-29/h1-25H. The fraction of sp³-hybridized carbons (Fsp3) is 0.0286. The van der Waals surface area contributed by atoms with Gasteiger partial charge in [0.2, 0.25) is 0 Å². The number of rotatable bonds is 5. The molecule has 0 unspecified atom stereocenters. The van der Waals surface area contributed by atoms with Gasteiger partial charge in [0.05, 0.1) is 0 Å². The van der Waals surface area contributed by atoms with Crippen LogP contribution in [0.2, 0.25) is 0 Å². The zero-order valence-electron chi connectivity index (χ0n) is 19.8. The Morgan fingerprint density at radius 3 is 0.944 bits per heavy atom. The van der Waals surface area contributed by atoms with Crippen molar-refractivity contribution < 1.29 is 0 Å². The van der Waals surface area contributed by atoms with Crippen molar-refractivity contribution in [3.05, 3.63) is 179 Å². The third-order valence-corrected chi connectivity index (χ3v) is 7.46. The number of alkyl halides is 1. The molecule has 0 nitrogen and oxygen atoms in total. The van der Waals surface area contributed by atoms with E-state index < -0.39 is 4.87 Å². The van der Waals surface area contributed by atoms with Crippen molar-refractivity contribution in [1.82, 2.24) is 0 Å². The van der Waals surface area contributed by atoms with E-state index >= 15 is 0 Å². The molecule has 36 heavy (non-hydrogen) atoms. The fourth-order valence-electron chi connectivity index (χ4n) is 5.36. The van der Waals surface area contributed by atoms with Crippen LogP contribution >= 0.6 is 11.6 Å². The van der Waals surface area contributed by atoms with Crippen LogP contribution in [0.4, 0.5) is 0 Å². The molecule has 0 aromatic heterocycles. The van der Waals surface area contributed by atoms with Crippen molar-refractivity contribution in [2.24, 2.45) is 0 Å². The van der Waals surface area contributed by atoms with Crippen molar-refractivity contribution >= 4 is 33.9 Å². The summed E-state index contributed by atoms with van der Waals surface area (Å²) in [4.78, 5) is -0.889. The van der Waals surface area contributed by atoms with Gasteiger partial charge < -0.3 is 0 Å². The molecule has 0 spiro atoms. The van der Waals surface area contributed by atoms with E-state index in [9.17, 15) is 0 Å². The summed E-state index contributed by atoms with van der Waals surface area (Å²) >= 11 is 8.07. The van der Waals surface area contributed by atoms with Gasteiger partial charge >= 0.3 is 0 Å². The zero-order chi connectivity index (χ0) is 24.4. The molecular weight excluding hydrogens is 456 g/mol. The number of benzene rings is 5. The van der Waals surface area contributed by atoms with Crippen LogP contribution in [0.3, 0.4) is 0 Å². The SMILES string of the molecule is ClC1(c2ccccc2)C(c2ccccc2)=C(c2ccccc2)C(c2ccccc2)=C1c1ccccc1. The van der Waals surface area contributed by atoms with Gasteiger partial charge in [-0.1, -0.05) is 152 Å². The normalized spacial score (nSPS) is 14.8. The molecule has 172 valence electrons. The second-order valence-corrected chi connectivity index (χ2v) is 9.56. The van der Waals surface area contributed by atoms with Gasteiger partial charge in [0.1, 0.15) is 4.87 Å². The number of allylic oxidation sites excluding steroid dienone is 4. The predicted molar refractivity (Wildman–Crippen MR) is 153 cm³/mol. The molecule has 0 amide bonds. The first-order valence-corrected chi connectivity index (χ1v) is 12.6. The molecule has 0 aliphatic heterocycles. The first kappa shape index (κ1) is 22.3. The Kier molecular flexibility index (Phi) is 5.89. The van der Waals surface area contributed by atoms with Crippen LogP contribution in [0, 0.1) is 0 Å². The van der Waals surface area contributed by atoms with Crippen molar-refractivity contribution in [2.45, 2.75) is 4.87 Å². The highest BCUT2D eigenvalue weighted by molar-refractivity contribution is 6.47. The Hall–Kier alpha value is -4.13. The van der Waals surface area contributed by atoms with Gasteiger partial charge in [0.15, 0.2) is 0 Å². The molecule has 1 aliphatic carbocycles. The Labute approximate surface area is 217 Å². The molecule has 1 aliphatic rings. The molecule has 1 heteroatoms. The van der Waals surface area contributed by atoms with Crippen molar-refractivity contribution in [3.8, 4) is 0 Å². The summed E-state index contributed by atoms with van der Waals surface area (Å²) < 4.78 is 0. The van der Waals surface area contributed by atoms with E-state index in [-0.39, 0.29) is 0 Å². The van der Waals surface area contributed by atoms with Gasteiger partial charge in [-0.2, -0.15) is 0 Å². The largest absolute Gasteiger partial charge is 0.122 e. The van der Waals surface area contributed by atoms with Gasteiger partial charge in [-0.25, -0.2) is 0 Å². The summed E-state index contributed by atoms with van der Waals surface area (Å²) in [6.07, 6.45) is 0. The second-order valence-electron chi connectivity index (χ2n) is 8.99. The van der Waals surface area contributed by atoms with Crippen LogP contribution in [0.25, 0.3) is 22.3 Å². The highest BCUT2D eigenvalue weighted by atomic mass is 35.5. The molecule has 0 saturated heterocycles. The molecule has 0 N–H and O–H groups in total. The van der Waals surface area contributed by atoms with Crippen molar-refractivity contribution in [1.29, 1.82) is 0 Å². The maximum absolute atomic E-state index is 8.07. The number of hydrogen-bond donors (Lipinski definition) is 0. The molecular formula is C35H25Cl. The quantitative estimate of drug-likeness (QED) is 0.220. The smallest absolute Gasteiger partial charge is 0.103 e. The highest BCUT2D eigenvalue weighted by Gasteiger charge is 2.48. The fourth-order valence-corrected chi connectivity index (χ4v) is 5.89. The zero-order valence-corrected chi connectivity index (χ0v) is 20.6. The third-order valence-electron chi connectivity index (χ3n) is 6.86. The molecule has 5 aromatic carbocycles. The first-order chi connectivity index (χ1) is 17.8. The Morgan fingerprint density at radius 1 is 0.333 bits per heavy atom. The summed E-state index contributed by atoms with van der Waals surface area (Å²) in [6.45, 7) is 0. The summed E-state index contributed by atoms with van der Waals surface area (Å²) in [5.41, 5.74) is 10.2. The van der Waals surface area contributed by atoms with E-state index in [2.05, 4.69) is 146 Å². The molecule has 0 saturated carbocycles. The molecule has 5 aromatic rings. The van der Waals surface area contributed by atoms with Crippen LogP contribution in [-0.2, 0) is 4.87 Å². The number of hydrogen-bond acceptors (Lipinski definition) is 0. The Bertz CT molecular complexity index is 1430. The predicted octanol–water partition coefficient (Wildman–Crippen LogP) is 9.36. The van der Waals surface area contributed by atoms with E-state index in [0.29, 0.717) is 0 Å². The van der Waals surface area contributed by atoms with Crippen molar-refractivity contribution in [2.75, 3.05) is 0 Å². The van der Waals surface area contributed by atoms with Crippen molar-refractivity contribution in [3.63, 3.8) is 0 Å². The monoisotopic (exact) mass is 480 g/mol. The summed E-state index contributed by atoms with van der Waals surface area (Å²) in [5.74, 6) is 0. The lowest BCUT2D eigenvalue weighted by atomic mass is 9.80. The third kappa shape index (κ3) is 3.71. The van der Waals surface area contributed by atoms with Gasteiger partial charge in [-0.15, -0.1) is 11.6 Å². The molecule has 0 atom stereocenters. The highest BCUT2D eigenvalue weighted by Crippen LogP contribution is 2.63. The minimum absolute atomic E-state index is 0.889. The first-order valence-electron chi connectivity index (χ1n) is 12.2. The molecule has 0 fully saturated rings. The lowest BCUT2D eigenvalue weighted by molar-refractivity contribution is 1.03. The van der Waals surface area contributed by atoms with Gasteiger partial charge in [0, 0.05) is 0 Å². The second kappa shape index (κ2) is 9.49. The van der Waals surface area contributed by atoms with Gasteiger partial charge in [-0.3, -0.25) is 0 Å². The summed E-state index contributed by atoms with van der Waals surface area (Å²) in [7, 11) is 0. The van der Waals surface area contributed by atoms with E-state index in [0.717, 1.165) is 39.0 Å². The van der Waals surface area contributed by atoms with E-state index in [1.807, 2.05) is 6.07 Å². The average molecular weight is 481 g/mol. The van der Waals surface area contributed by atoms with Gasteiger partial charge in [0.25, 0.3) is 0 Å². The van der Waals surface area contributed by atoms with Crippen LogP contribution < -0.4 is 0 Å². The topological polar surface area (TPSA) is 0 Å². The van der Waals surface area contributed by atoms with Crippen LogP contribution in [0.1, 0.15) is 27.8 Å². The van der Waals surface area contributed by atoms with Crippen LogP contribution in [-0.4, -0.2) is 0 Å². The maximum Gasteiger partial charge on any atom is 0.122 e. The van der Waals surface area contributed by atoms with E-state index in [4.69, 9.17) is 11.6 Å². The molecule has 0 heterocycles. The average Bonchev–Trinajstić information content (AvgIpc) is 3.25. The van der Waals surface area contributed by atoms with E-state index in [1.54, 1.807) is 0 Å². The molecule has 0 radical (unpaired) electrons. The number of halogens is 1. The molecule has 0 bridgehead atoms. The molecule has 6 rings (SSSR count). The van der Waals surface area contributed by atoms with Crippen LogP contribution in [0.5, 0.6) is 0 Å². The van der Waals surface area contributed by atoms with Crippen LogP contribution in [0.15, 0.2) is 152 Å². The maximum atomic E-state index is 8.07. The minimum atomic E-state index is -0.889. The van der Waals surface area contributed by atoms with E-state index in [1.165, 1.54) is 11.1 Å². The Balaban J connectivity index is 1.82.